The Bertz CT molecular complexity index is 1140. The molecular weight excluding hydrogens is 372 g/mol. The van der Waals surface area contributed by atoms with Crippen LogP contribution in [0, 0.1) is 0 Å². The molecule has 3 amide bonds. The van der Waals surface area contributed by atoms with Gasteiger partial charge in [-0.05, 0) is 35.7 Å². The summed E-state index contributed by atoms with van der Waals surface area (Å²) in [4.78, 5) is 39.3. The quantitative estimate of drug-likeness (QED) is 0.695. The Balaban J connectivity index is 1.31. The van der Waals surface area contributed by atoms with Gasteiger partial charge in [0.2, 0.25) is 6.79 Å². The molecule has 0 saturated carbocycles. The number of carbonyl (C=O) groups is 3. The molecule has 144 valence electrons. The minimum Gasteiger partial charge on any atom is -0.454 e. The molecule has 0 atom stereocenters. The number of ether oxygens (including phenoxy) is 2. The van der Waals surface area contributed by atoms with Gasteiger partial charge in [-0.25, -0.2) is 0 Å². The molecule has 2 aliphatic rings. The molecule has 0 saturated heterocycles. The van der Waals surface area contributed by atoms with Crippen LogP contribution in [0.5, 0.6) is 11.5 Å². The minimum atomic E-state index is -0.350. The molecule has 2 heterocycles. The third-order valence-electron chi connectivity index (χ3n) is 5.11. The van der Waals surface area contributed by atoms with Crippen LogP contribution in [0.25, 0.3) is 10.8 Å². The van der Waals surface area contributed by atoms with Crippen LogP contribution >= 0.6 is 0 Å². The number of amides is 3. The molecule has 0 spiro atoms. The predicted molar refractivity (Wildman–Crippen MR) is 104 cm³/mol. The number of carbonyl (C=O) groups excluding carboxylic acids is 3. The maximum absolute atomic E-state index is 12.8. The van der Waals surface area contributed by atoms with Gasteiger partial charge in [-0.2, -0.15) is 0 Å². The molecule has 0 aromatic heterocycles. The minimum absolute atomic E-state index is 0.0820. The van der Waals surface area contributed by atoms with Crippen LogP contribution in [0.1, 0.15) is 31.1 Å². The van der Waals surface area contributed by atoms with Gasteiger partial charge < -0.3 is 14.8 Å². The summed E-state index contributed by atoms with van der Waals surface area (Å²) in [5.74, 6) is 0.0959. The highest BCUT2D eigenvalue weighted by Crippen LogP contribution is 2.32. The predicted octanol–water partition coefficient (Wildman–Crippen LogP) is 2.59. The van der Waals surface area contributed by atoms with Crippen molar-refractivity contribution >= 4 is 28.5 Å². The van der Waals surface area contributed by atoms with E-state index in [-0.39, 0.29) is 37.6 Å². The van der Waals surface area contributed by atoms with Crippen molar-refractivity contribution < 1.29 is 23.9 Å². The molecule has 7 nitrogen and oxygen atoms in total. The van der Waals surface area contributed by atoms with E-state index < -0.39 is 0 Å². The fourth-order valence-corrected chi connectivity index (χ4v) is 3.70. The molecule has 3 aromatic rings. The largest absolute Gasteiger partial charge is 0.454 e. The van der Waals surface area contributed by atoms with E-state index in [9.17, 15) is 14.4 Å². The fourth-order valence-electron chi connectivity index (χ4n) is 3.70. The van der Waals surface area contributed by atoms with Crippen LogP contribution in [-0.4, -0.2) is 42.5 Å². The van der Waals surface area contributed by atoms with E-state index in [1.165, 1.54) is 4.90 Å². The van der Waals surface area contributed by atoms with E-state index in [0.717, 1.165) is 5.39 Å². The van der Waals surface area contributed by atoms with Crippen molar-refractivity contribution in [2.45, 2.75) is 0 Å². The molecule has 1 N–H and O–H groups in total. The summed E-state index contributed by atoms with van der Waals surface area (Å²) in [6.45, 7) is 0.357. The second-order valence-corrected chi connectivity index (χ2v) is 6.80. The first kappa shape index (κ1) is 17.2. The summed E-state index contributed by atoms with van der Waals surface area (Å²) < 4.78 is 10.5. The number of nitrogens with zero attached hydrogens (tertiary/aromatic N) is 1. The summed E-state index contributed by atoms with van der Waals surface area (Å²) in [6.07, 6.45) is 0. The molecular formula is C22H16N2O5. The first-order valence-corrected chi connectivity index (χ1v) is 9.19. The van der Waals surface area contributed by atoms with Gasteiger partial charge in [0, 0.05) is 35.2 Å². The van der Waals surface area contributed by atoms with Crippen molar-refractivity contribution in [2.24, 2.45) is 0 Å². The molecule has 0 unspecified atom stereocenters. The Hall–Kier alpha value is -3.87. The van der Waals surface area contributed by atoms with Gasteiger partial charge >= 0.3 is 0 Å². The molecule has 2 aliphatic heterocycles. The van der Waals surface area contributed by atoms with E-state index in [0.29, 0.717) is 33.6 Å². The van der Waals surface area contributed by atoms with Gasteiger partial charge in [-0.1, -0.05) is 24.3 Å². The van der Waals surface area contributed by atoms with Crippen LogP contribution in [-0.2, 0) is 0 Å². The van der Waals surface area contributed by atoms with E-state index in [4.69, 9.17) is 9.47 Å². The Kier molecular flexibility index (Phi) is 3.94. The first-order valence-electron chi connectivity index (χ1n) is 9.19. The lowest BCUT2D eigenvalue weighted by Gasteiger charge is -2.27. The van der Waals surface area contributed by atoms with E-state index in [1.54, 1.807) is 42.5 Å². The molecule has 0 radical (unpaired) electrons. The number of nitrogens with one attached hydrogen (secondary N) is 1. The zero-order valence-corrected chi connectivity index (χ0v) is 15.3. The van der Waals surface area contributed by atoms with Crippen LogP contribution in [0.15, 0.2) is 54.6 Å². The maximum atomic E-state index is 12.8. The molecule has 29 heavy (non-hydrogen) atoms. The average molecular weight is 388 g/mol. The Morgan fingerprint density at radius 1 is 0.931 bits per heavy atom. The van der Waals surface area contributed by atoms with Gasteiger partial charge in [0.25, 0.3) is 17.7 Å². The van der Waals surface area contributed by atoms with Crippen molar-refractivity contribution in [1.82, 2.24) is 10.2 Å². The van der Waals surface area contributed by atoms with Crippen molar-refractivity contribution in [3.05, 3.63) is 71.3 Å². The summed E-state index contributed by atoms with van der Waals surface area (Å²) in [7, 11) is 0. The lowest BCUT2D eigenvalue weighted by molar-refractivity contribution is 0.0607. The van der Waals surface area contributed by atoms with Gasteiger partial charge in [0.1, 0.15) is 0 Å². The van der Waals surface area contributed by atoms with Gasteiger partial charge in [0.05, 0.1) is 0 Å². The van der Waals surface area contributed by atoms with Crippen LogP contribution < -0.4 is 14.8 Å². The van der Waals surface area contributed by atoms with Crippen molar-refractivity contribution in [3.8, 4) is 11.5 Å². The van der Waals surface area contributed by atoms with Crippen LogP contribution in [0.2, 0.25) is 0 Å². The smallest absolute Gasteiger partial charge is 0.261 e. The monoisotopic (exact) mass is 388 g/mol. The standard InChI is InChI=1S/C22H16N2O5/c25-20(14-7-8-17-18(11-14)29-12-28-17)23-9-10-24-21(26)15-5-1-3-13-4-2-6-16(19(13)15)22(24)27/h1-8,11H,9-10,12H2,(H,23,25). The SMILES string of the molecule is O=C(NCCN1C(=O)c2cccc3cccc(c23)C1=O)c1ccc2c(c1)OCO2. The zero-order valence-electron chi connectivity index (χ0n) is 15.3. The molecule has 0 aliphatic carbocycles. The third kappa shape index (κ3) is 2.79. The van der Waals surface area contributed by atoms with Crippen molar-refractivity contribution in [2.75, 3.05) is 19.9 Å². The lowest BCUT2D eigenvalue weighted by atomic mass is 9.94. The molecule has 0 bridgehead atoms. The topological polar surface area (TPSA) is 84.9 Å². The van der Waals surface area contributed by atoms with Gasteiger partial charge in [0.15, 0.2) is 11.5 Å². The lowest BCUT2D eigenvalue weighted by Crippen LogP contribution is -2.44. The van der Waals surface area contributed by atoms with Crippen LogP contribution in [0.3, 0.4) is 0 Å². The Labute approximate surface area is 165 Å². The first-order chi connectivity index (χ1) is 14.1. The highest BCUT2D eigenvalue weighted by molar-refractivity contribution is 6.25. The number of hydrogen-bond acceptors (Lipinski definition) is 5. The van der Waals surface area contributed by atoms with Gasteiger partial charge in [-0.3, -0.25) is 19.3 Å². The summed E-state index contributed by atoms with van der Waals surface area (Å²) in [5, 5.41) is 4.29. The highest BCUT2D eigenvalue weighted by Gasteiger charge is 2.32. The number of hydrogen-bond donors (Lipinski definition) is 1. The number of fused-ring (bicyclic) bond motifs is 1. The van der Waals surface area contributed by atoms with E-state index in [2.05, 4.69) is 5.32 Å². The molecule has 3 aromatic carbocycles. The Morgan fingerprint density at radius 2 is 1.62 bits per heavy atom. The third-order valence-corrected chi connectivity index (χ3v) is 5.11. The molecule has 5 rings (SSSR count). The molecule has 7 heteroatoms. The maximum Gasteiger partial charge on any atom is 0.261 e. The Morgan fingerprint density at radius 3 is 2.34 bits per heavy atom. The van der Waals surface area contributed by atoms with Crippen molar-refractivity contribution in [3.63, 3.8) is 0 Å². The highest BCUT2D eigenvalue weighted by atomic mass is 16.7. The van der Waals surface area contributed by atoms with Gasteiger partial charge in [-0.15, -0.1) is 0 Å². The van der Waals surface area contributed by atoms with Crippen molar-refractivity contribution in [1.29, 1.82) is 0 Å². The summed E-state index contributed by atoms with van der Waals surface area (Å²) in [5.41, 5.74) is 1.42. The van der Waals surface area contributed by atoms with E-state index >= 15 is 0 Å². The average Bonchev–Trinajstić information content (AvgIpc) is 3.22. The fraction of sp³-hybridized carbons (Fsp3) is 0.136. The second kappa shape index (κ2) is 6.63. The second-order valence-electron chi connectivity index (χ2n) is 6.80. The molecule has 0 fully saturated rings. The normalized spacial score (nSPS) is 14.4. The zero-order chi connectivity index (χ0) is 20.0. The number of imide groups is 1. The summed E-state index contributed by atoms with van der Waals surface area (Å²) >= 11 is 0. The summed E-state index contributed by atoms with van der Waals surface area (Å²) in [6, 6.07) is 15.7. The number of benzene rings is 3. The van der Waals surface area contributed by atoms with E-state index in [1.807, 2.05) is 12.1 Å². The number of rotatable bonds is 4. The van der Waals surface area contributed by atoms with Crippen LogP contribution in [0.4, 0.5) is 0 Å².